The Kier molecular flexibility index (Phi) is 6.32. The quantitative estimate of drug-likeness (QED) is 0.572. The van der Waals surface area contributed by atoms with Crippen LogP contribution in [0.4, 0.5) is 9.80 Å². The van der Waals surface area contributed by atoms with Crippen LogP contribution in [-0.4, -0.2) is 40.8 Å². The minimum Gasteiger partial charge on any atom is -0.478 e. The Morgan fingerprint density at radius 2 is 1.95 bits per heavy atom. The van der Waals surface area contributed by atoms with E-state index in [1.54, 1.807) is 0 Å². The fraction of sp³-hybridized carbons (Fsp3) is 0.333. The molecule has 1 aromatic rings. The molecule has 0 bridgehead atoms. The second-order valence-corrected chi connectivity index (χ2v) is 5.15. The first-order valence-corrected chi connectivity index (χ1v) is 6.97. The van der Waals surface area contributed by atoms with Crippen LogP contribution in [0.1, 0.15) is 28.6 Å². The SMILES string of the molecule is CCCOC(=O)NCc1cc(C(=O)O)c(NC(=O)C(=O)O)s1. The maximum Gasteiger partial charge on any atom is 0.407 e. The number of ether oxygens (including phenoxy) is 1. The molecule has 1 heterocycles. The summed E-state index contributed by atoms with van der Waals surface area (Å²) < 4.78 is 4.78. The van der Waals surface area contributed by atoms with E-state index in [-0.39, 0.29) is 23.7 Å². The fourth-order valence-electron chi connectivity index (χ4n) is 1.34. The lowest BCUT2D eigenvalue weighted by Crippen LogP contribution is -2.23. The summed E-state index contributed by atoms with van der Waals surface area (Å²) in [5, 5.41) is 21.8. The molecule has 0 aliphatic carbocycles. The van der Waals surface area contributed by atoms with Gasteiger partial charge in [-0.1, -0.05) is 6.92 Å². The van der Waals surface area contributed by atoms with Crippen molar-refractivity contribution >= 4 is 40.3 Å². The van der Waals surface area contributed by atoms with Gasteiger partial charge in [-0.2, -0.15) is 0 Å². The molecule has 9 nitrogen and oxygen atoms in total. The van der Waals surface area contributed by atoms with Gasteiger partial charge in [-0.15, -0.1) is 11.3 Å². The molecule has 22 heavy (non-hydrogen) atoms. The molecule has 0 spiro atoms. The highest BCUT2D eigenvalue weighted by atomic mass is 32.1. The lowest BCUT2D eigenvalue weighted by atomic mass is 10.3. The van der Waals surface area contributed by atoms with Crippen molar-refractivity contribution in [1.82, 2.24) is 5.32 Å². The molecular formula is C12H14N2O7S. The van der Waals surface area contributed by atoms with Gasteiger partial charge in [0.1, 0.15) is 5.00 Å². The monoisotopic (exact) mass is 330 g/mol. The lowest BCUT2D eigenvalue weighted by Gasteiger charge is -2.04. The summed E-state index contributed by atoms with van der Waals surface area (Å²) in [6.45, 7) is 2.09. The first kappa shape index (κ1) is 17.4. The van der Waals surface area contributed by atoms with Gasteiger partial charge in [0.2, 0.25) is 0 Å². The predicted molar refractivity (Wildman–Crippen MR) is 76.0 cm³/mol. The number of anilines is 1. The van der Waals surface area contributed by atoms with E-state index < -0.39 is 23.9 Å². The van der Waals surface area contributed by atoms with E-state index in [9.17, 15) is 19.2 Å². The third-order valence-electron chi connectivity index (χ3n) is 2.28. The average molecular weight is 330 g/mol. The molecular weight excluding hydrogens is 316 g/mol. The molecule has 0 unspecified atom stereocenters. The van der Waals surface area contributed by atoms with Crippen molar-refractivity contribution in [2.75, 3.05) is 11.9 Å². The van der Waals surface area contributed by atoms with Gasteiger partial charge < -0.3 is 25.6 Å². The molecule has 0 aliphatic heterocycles. The molecule has 0 radical (unpaired) electrons. The van der Waals surface area contributed by atoms with Crippen LogP contribution in [0.5, 0.6) is 0 Å². The zero-order valence-corrected chi connectivity index (χ0v) is 12.4. The zero-order chi connectivity index (χ0) is 16.7. The van der Waals surface area contributed by atoms with Crippen LogP contribution in [0, 0.1) is 0 Å². The van der Waals surface area contributed by atoms with Crippen LogP contribution in [0.2, 0.25) is 0 Å². The number of alkyl carbamates (subject to hydrolysis) is 1. The average Bonchev–Trinajstić information content (AvgIpc) is 2.85. The topological polar surface area (TPSA) is 142 Å². The number of rotatable bonds is 6. The lowest BCUT2D eigenvalue weighted by molar-refractivity contribution is -0.147. The molecule has 0 fully saturated rings. The Morgan fingerprint density at radius 1 is 1.27 bits per heavy atom. The van der Waals surface area contributed by atoms with Crippen LogP contribution >= 0.6 is 11.3 Å². The van der Waals surface area contributed by atoms with E-state index in [2.05, 4.69) is 5.32 Å². The van der Waals surface area contributed by atoms with Crippen LogP contribution in [0.3, 0.4) is 0 Å². The number of thiophene rings is 1. The van der Waals surface area contributed by atoms with Crippen molar-refractivity contribution in [3.63, 3.8) is 0 Å². The van der Waals surface area contributed by atoms with E-state index in [0.717, 1.165) is 11.3 Å². The summed E-state index contributed by atoms with van der Waals surface area (Å²) in [6.07, 6.45) is 0.0178. The number of nitrogens with one attached hydrogen (secondary N) is 2. The minimum absolute atomic E-state index is 0.00354. The summed E-state index contributed by atoms with van der Waals surface area (Å²) in [4.78, 5) is 44.3. The Balaban J connectivity index is 2.77. The summed E-state index contributed by atoms with van der Waals surface area (Å²) in [6, 6.07) is 1.24. The number of hydrogen-bond donors (Lipinski definition) is 4. The van der Waals surface area contributed by atoms with Crippen molar-refractivity contribution in [2.45, 2.75) is 19.9 Å². The second-order valence-electron chi connectivity index (χ2n) is 4.01. The van der Waals surface area contributed by atoms with Crippen LogP contribution < -0.4 is 10.6 Å². The van der Waals surface area contributed by atoms with Gasteiger partial charge in [0.15, 0.2) is 0 Å². The van der Waals surface area contributed by atoms with Crippen LogP contribution in [0.15, 0.2) is 6.07 Å². The number of carbonyl (C=O) groups excluding carboxylic acids is 2. The minimum atomic E-state index is -1.73. The number of carboxylic acids is 2. The predicted octanol–water partition coefficient (Wildman–Crippen LogP) is 1.11. The standard InChI is InChI=1S/C12H14N2O7S/c1-2-3-21-12(20)13-5-6-4-7(10(16)17)9(22-6)14-8(15)11(18)19/h4H,2-3,5H2,1H3,(H,13,20)(H,14,15)(H,16,17)(H,18,19). The maximum atomic E-state index is 11.3. The fourth-order valence-corrected chi connectivity index (χ4v) is 2.33. The molecule has 2 amide bonds. The van der Waals surface area contributed by atoms with Crippen molar-refractivity contribution in [3.05, 3.63) is 16.5 Å². The van der Waals surface area contributed by atoms with Crippen molar-refractivity contribution < 1.29 is 34.1 Å². The Hall–Kier alpha value is -2.62. The Morgan fingerprint density at radius 3 is 2.50 bits per heavy atom. The summed E-state index contributed by atoms with van der Waals surface area (Å²) in [5.74, 6) is -4.39. The van der Waals surface area contributed by atoms with Gasteiger partial charge in [-0.25, -0.2) is 14.4 Å². The normalized spacial score (nSPS) is 9.86. The molecule has 4 N–H and O–H groups in total. The maximum absolute atomic E-state index is 11.3. The molecule has 0 saturated heterocycles. The van der Waals surface area contributed by atoms with E-state index >= 15 is 0 Å². The Labute approximate surface area is 128 Å². The van der Waals surface area contributed by atoms with Crippen molar-refractivity contribution in [2.24, 2.45) is 0 Å². The van der Waals surface area contributed by atoms with Gasteiger partial charge >= 0.3 is 23.9 Å². The van der Waals surface area contributed by atoms with Gasteiger partial charge in [0, 0.05) is 4.88 Å². The highest BCUT2D eigenvalue weighted by molar-refractivity contribution is 7.16. The summed E-state index contributed by atoms with van der Waals surface area (Å²) in [7, 11) is 0. The molecule has 0 saturated carbocycles. The van der Waals surface area contributed by atoms with Crippen molar-refractivity contribution in [3.8, 4) is 0 Å². The van der Waals surface area contributed by atoms with Crippen molar-refractivity contribution in [1.29, 1.82) is 0 Å². The third kappa shape index (κ3) is 5.05. The van der Waals surface area contributed by atoms with Crippen LogP contribution in [-0.2, 0) is 20.9 Å². The van der Waals surface area contributed by atoms with Crippen LogP contribution in [0.25, 0.3) is 0 Å². The zero-order valence-electron chi connectivity index (χ0n) is 11.5. The number of hydrogen-bond acceptors (Lipinski definition) is 6. The van der Waals surface area contributed by atoms with Gasteiger partial charge in [-0.05, 0) is 12.5 Å². The highest BCUT2D eigenvalue weighted by Crippen LogP contribution is 2.28. The third-order valence-corrected chi connectivity index (χ3v) is 3.33. The number of aliphatic carboxylic acids is 1. The van der Waals surface area contributed by atoms with E-state index in [0.29, 0.717) is 11.3 Å². The highest BCUT2D eigenvalue weighted by Gasteiger charge is 2.20. The van der Waals surface area contributed by atoms with Gasteiger partial charge in [0.25, 0.3) is 0 Å². The first-order valence-electron chi connectivity index (χ1n) is 6.16. The van der Waals surface area contributed by atoms with E-state index in [4.69, 9.17) is 14.9 Å². The second kappa shape index (κ2) is 7.98. The molecule has 0 atom stereocenters. The largest absolute Gasteiger partial charge is 0.478 e. The number of carboxylic acid groups (broad SMARTS) is 2. The molecule has 1 aromatic heterocycles. The summed E-state index contributed by atoms with van der Waals surface area (Å²) >= 11 is 0.853. The van der Waals surface area contributed by atoms with E-state index in [1.807, 2.05) is 12.2 Å². The van der Waals surface area contributed by atoms with Gasteiger partial charge in [-0.3, -0.25) is 4.79 Å². The number of aromatic carboxylic acids is 1. The smallest absolute Gasteiger partial charge is 0.407 e. The number of amides is 2. The first-order chi connectivity index (χ1) is 10.3. The van der Waals surface area contributed by atoms with Gasteiger partial charge in [0.05, 0.1) is 18.7 Å². The molecule has 0 aromatic carbocycles. The Bertz CT molecular complexity index is 596. The van der Waals surface area contributed by atoms with E-state index in [1.165, 1.54) is 6.07 Å². The molecule has 120 valence electrons. The molecule has 1 rings (SSSR count). The molecule has 10 heteroatoms. The summed E-state index contributed by atoms with van der Waals surface area (Å²) in [5.41, 5.74) is -0.252. The number of carbonyl (C=O) groups is 4. The molecule has 0 aliphatic rings.